The lowest BCUT2D eigenvalue weighted by molar-refractivity contribution is -0.104. The number of hydrogen-bond acceptors (Lipinski definition) is 1. The highest BCUT2D eigenvalue weighted by Gasteiger charge is 2.02. The van der Waals surface area contributed by atoms with Crippen LogP contribution in [0.15, 0.2) is 12.2 Å². The molecule has 0 aromatic carbocycles. The Labute approximate surface area is 82.2 Å². The fraction of sp³-hybridized carbons (Fsp3) is 0.750. The van der Waals surface area contributed by atoms with E-state index in [0.717, 1.165) is 6.29 Å². The summed E-state index contributed by atoms with van der Waals surface area (Å²) in [5.41, 5.74) is 0. The summed E-state index contributed by atoms with van der Waals surface area (Å²) in [7, 11) is 0. The van der Waals surface area contributed by atoms with Gasteiger partial charge in [-0.15, -0.1) is 0 Å². The molecule has 0 radical (unpaired) electrons. The number of carbonyl (C=O) groups is 1. The van der Waals surface area contributed by atoms with Gasteiger partial charge in [-0.2, -0.15) is 0 Å². The van der Waals surface area contributed by atoms with Gasteiger partial charge in [0.25, 0.3) is 0 Å². The molecule has 0 aromatic heterocycles. The van der Waals surface area contributed by atoms with Crippen LogP contribution >= 0.6 is 0 Å². The summed E-state index contributed by atoms with van der Waals surface area (Å²) < 4.78 is 0. The molecule has 0 spiro atoms. The second-order valence-corrected chi connectivity index (χ2v) is 3.57. The van der Waals surface area contributed by atoms with Crippen molar-refractivity contribution in [2.75, 3.05) is 0 Å². The first kappa shape index (κ1) is 12.4. The topological polar surface area (TPSA) is 17.1 Å². The fourth-order valence-electron chi connectivity index (χ4n) is 1.47. The Kier molecular flexibility index (Phi) is 9.07. The average Bonchev–Trinajstić information content (AvgIpc) is 2.17. The van der Waals surface area contributed by atoms with E-state index in [1.54, 1.807) is 6.08 Å². The number of unbranched alkanes of at least 4 members (excludes halogenated alkanes) is 2. The van der Waals surface area contributed by atoms with Gasteiger partial charge in [0.2, 0.25) is 0 Å². The molecule has 0 unspecified atom stereocenters. The monoisotopic (exact) mass is 182 g/mol. The van der Waals surface area contributed by atoms with Gasteiger partial charge in [0.1, 0.15) is 6.29 Å². The minimum atomic E-state index is 0.630. The van der Waals surface area contributed by atoms with E-state index in [-0.39, 0.29) is 0 Å². The minimum absolute atomic E-state index is 0.630. The predicted molar refractivity (Wildman–Crippen MR) is 57.7 cm³/mol. The number of rotatable bonds is 8. The Balaban J connectivity index is 3.72. The van der Waals surface area contributed by atoms with Crippen LogP contribution in [0.25, 0.3) is 0 Å². The lowest BCUT2D eigenvalue weighted by Crippen LogP contribution is -1.96. The van der Waals surface area contributed by atoms with Crippen molar-refractivity contribution in [1.82, 2.24) is 0 Å². The van der Waals surface area contributed by atoms with Crippen LogP contribution < -0.4 is 0 Å². The van der Waals surface area contributed by atoms with E-state index in [0.29, 0.717) is 5.92 Å². The molecule has 0 heterocycles. The van der Waals surface area contributed by atoms with Crippen LogP contribution in [0.4, 0.5) is 0 Å². The molecule has 0 N–H and O–H groups in total. The summed E-state index contributed by atoms with van der Waals surface area (Å²) in [6.07, 6.45) is 12.1. The molecule has 0 aliphatic carbocycles. The Bertz CT molecular complexity index is 130. The van der Waals surface area contributed by atoms with Crippen LogP contribution in [0, 0.1) is 5.92 Å². The van der Waals surface area contributed by atoms with Crippen molar-refractivity contribution in [1.29, 1.82) is 0 Å². The second-order valence-electron chi connectivity index (χ2n) is 3.57. The van der Waals surface area contributed by atoms with Crippen molar-refractivity contribution in [2.45, 2.75) is 52.4 Å². The summed E-state index contributed by atoms with van der Waals surface area (Å²) in [6, 6.07) is 0. The van der Waals surface area contributed by atoms with E-state index in [9.17, 15) is 4.79 Å². The summed E-state index contributed by atoms with van der Waals surface area (Å²) in [5, 5.41) is 0. The van der Waals surface area contributed by atoms with Gasteiger partial charge in [-0.25, -0.2) is 0 Å². The molecule has 0 atom stereocenters. The SMILES string of the molecule is CCCCC(C=CC=O)CCCC. The molecule has 1 heteroatoms. The molecule has 0 saturated carbocycles. The van der Waals surface area contributed by atoms with Gasteiger partial charge in [0.15, 0.2) is 0 Å². The zero-order chi connectivity index (χ0) is 9.94. The van der Waals surface area contributed by atoms with Crippen LogP contribution in [0.5, 0.6) is 0 Å². The van der Waals surface area contributed by atoms with E-state index >= 15 is 0 Å². The maximum absolute atomic E-state index is 10.2. The van der Waals surface area contributed by atoms with Crippen LogP contribution in [-0.2, 0) is 4.79 Å². The molecule has 0 bridgehead atoms. The van der Waals surface area contributed by atoms with Crippen LogP contribution in [0.2, 0.25) is 0 Å². The first-order chi connectivity index (χ1) is 6.35. The zero-order valence-corrected chi connectivity index (χ0v) is 8.96. The smallest absolute Gasteiger partial charge is 0.142 e. The van der Waals surface area contributed by atoms with E-state index in [1.807, 2.05) is 0 Å². The van der Waals surface area contributed by atoms with Crippen LogP contribution in [-0.4, -0.2) is 6.29 Å². The summed E-state index contributed by atoms with van der Waals surface area (Å²) >= 11 is 0. The molecule has 1 nitrogen and oxygen atoms in total. The maximum atomic E-state index is 10.2. The molecular formula is C12H22O. The van der Waals surface area contributed by atoms with Crippen LogP contribution in [0.3, 0.4) is 0 Å². The molecule has 0 aliphatic rings. The van der Waals surface area contributed by atoms with Crippen molar-refractivity contribution in [3.05, 3.63) is 12.2 Å². The number of carbonyl (C=O) groups excluding carboxylic acids is 1. The Morgan fingerprint density at radius 3 is 2.00 bits per heavy atom. The van der Waals surface area contributed by atoms with Gasteiger partial charge >= 0.3 is 0 Å². The van der Waals surface area contributed by atoms with Gasteiger partial charge in [-0.3, -0.25) is 4.79 Å². The van der Waals surface area contributed by atoms with E-state index in [4.69, 9.17) is 0 Å². The Hall–Kier alpha value is -0.590. The van der Waals surface area contributed by atoms with Gasteiger partial charge in [0, 0.05) is 0 Å². The Morgan fingerprint density at radius 2 is 1.62 bits per heavy atom. The van der Waals surface area contributed by atoms with Gasteiger partial charge in [-0.05, 0) is 24.8 Å². The van der Waals surface area contributed by atoms with Crippen molar-refractivity contribution in [2.24, 2.45) is 5.92 Å². The molecule has 0 saturated heterocycles. The number of aldehydes is 1. The second kappa shape index (κ2) is 9.50. The van der Waals surface area contributed by atoms with Crippen molar-refractivity contribution >= 4 is 6.29 Å². The van der Waals surface area contributed by atoms with E-state index in [1.165, 1.54) is 38.5 Å². The first-order valence-corrected chi connectivity index (χ1v) is 5.47. The molecule has 0 aromatic rings. The van der Waals surface area contributed by atoms with Crippen molar-refractivity contribution in [3.63, 3.8) is 0 Å². The molecular weight excluding hydrogens is 160 g/mol. The van der Waals surface area contributed by atoms with Gasteiger partial charge in [-0.1, -0.05) is 45.6 Å². The largest absolute Gasteiger partial charge is 0.299 e. The highest BCUT2D eigenvalue weighted by molar-refractivity contribution is 5.64. The summed E-state index contributed by atoms with van der Waals surface area (Å²) in [5.74, 6) is 0.630. The maximum Gasteiger partial charge on any atom is 0.142 e. The van der Waals surface area contributed by atoms with E-state index in [2.05, 4.69) is 19.9 Å². The highest BCUT2D eigenvalue weighted by atomic mass is 16.1. The van der Waals surface area contributed by atoms with Crippen LogP contribution in [0.1, 0.15) is 52.4 Å². The lowest BCUT2D eigenvalue weighted by Gasteiger charge is -2.10. The standard InChI is InChI=1S/C12H22O/c1-3-5-8-12(9-6-4-2)10-7-11-13/h7,10-12H,3-6,8-9H2,1-2H3. The molecule has 13 heavy (non-hydrogen) atoms. The van der Waals surface area contributed by atoms with E-state index < -0.39 is 0 Å². The first-order valence-electron chi connectivity index (χ1n) is 5.47. The zero-order valence-electron chi connectivity index (χ0n) is 8.96. The van der Waals surface area contributed by atoms with Gasteiger partial charge < -0.3 is 0 Å². The third kappa shape index (κ3) is 7.76. The van der Waals surface area contributed by atoms with Gasteiger partial charge in [0.05, 0.1) is 0 Å². The quantitative estimate of drug-likeness (QED) is 0.413. The third-order valence-electron chi connectivity index (χ3n) is 2.32. The third-order valence-corrected chi connectivity index (χ3v) is 2.32. The summed E-state index contributed by atoms with van der Waals surface area (Å²) in [4.78, 5) is 10.2. The lowest BCUT2D eigenvalue weighted by atomic mass is 9.96. The molecule has 76 valence electrons. The summed E-state index contributed by atoms with van der Waals surface area (Å²) in [6.45, 7) is 4.42. The molecule has 0 rings (SSSR count). The molecule has 0 amide bonds. The molecule has 0 aliphatic heterocycles. The van der Waals surface area contributed by atoms with Crippen molar-refractivity contribution < 1.29 is 4.79 Å². The molecule has 0 fully saturated rings. The Morgan fingerprint density at radius 1 is 1.08 bits per heavy atom. The number of allylic oxidation sites excluding steroid dienone is 2. The fourth-order valence-corrected chi connectivity index (χ4v) is 1.47. The predicted octanol–water partition coefficient (Wildman–Crippen LogP) is 3.74. The minimum Gasteiger partial charge on any atom is -0.299 e. The average molecular weight is 182 g/mol. The van der Waals surface area contributed by atoms with Crippen molar-refractivity contribution in [3.8, 4) is 0 Å². The highest BCUT2D eigenvalue weighted by Crippen LogP contribution is 2.17. The number of hydrogen-bond donors (Lipinski definition) is 0. The normalized spacial score (nSPS) is 11.3.